The van der Waals surface area contributed by atoms with Gasteiger partial charge in [0.2, 0.25) is 0 Å². The highest BCUT2D eigenvalue weighted by Gasteiger charge is 2.09. The summed E-state index contributed by atoms with van der Waals surface area (Å²) in [5.74, 6) is -0.879. The molecule has 0 bridgehead atoms. The first-order chi connectivity index (χ1) is 6.04. The molecule has 2 N–H and O–H groups in total. The van der Waals surface area contributed by atoms with E-state index in [-0.39, 0.29) is 5.92 Å². The molecule has 1 atom stereocenters. The van der Waals surface area contributed by atoms with Crippen molar-refractivity contribution in [2.45, 2.75) is 46.1 Å². The Labute approximate surface area is 80.5 Å². The lowest BCUT2D eigenvalue weighted by atomic mass is 10.0. The Balaban J connectivity index is 3.21. The maximum atomic E-state index is 10.5. The van der Waals surface area contributed by atoms with E-state index in [1.54, 1.807) is 6.92 Å². The SMILES string of the molecule is CC(C)NCCCCC(C)C(=O)O. The zero-order valence-electron chi connectivity index (χ0n) is 8.84. The van der Waals surface area contributed by atoms with Gasteiger partial charge in [-0.2, -0.15) is 0 Å². The molecule has 0 aromatic heterocycles. The molecule has 0 aliphatic rings. The van der Waals surface area contributed by atoms with Crippen molar-refractivity contribution in [1.29, 1.82) is 0 Å². The van der Waals surface area contributed by atoms with Crippen molar-refractivity contribution < 1.29 is 9.90 Å². The maximum Gasteiger partial charge on any atom is 0.306 e. The van der Waals surface area contributed by atoms with Gasteiger partial charge >= 0.3 is 5.97 Å². The van der Waals surface area contributed by atoms with Gasteiger partial charge in [-0.1, -0.05) is 27.2 Å². The van der Waals surface area contributed by atoms with Crippen molar-refractivity contribution in [2.75, 3.05) is 6.54 Å². The zero-order valence-corrected chi connectivity index (χ0v) is 8.84. The van der Waals surface area contributed by atoms with Gasteiger partial charge in [-0.05, 0) is 19.4 Å². The number of carbonyl (C=O) groups is 1. The monoisotopic (exact) mass is 187 g/mol. The van der Waals surface area contributed by atoms with E-state index in [2.05, 4.69) is 19.2 Å². The fourth-order valence-corrected chi connectivity index (χ4v) is 1.09. The second-order valence-electron chi connectivity index (χ2n) is 3.84. The van der Waals surface area contributed by atoms with Crippen LogP contribution in [-0.4, -0.2) is 23.7 Å². The van der Waals surface area contributed by atoms with E-state index in [1.807, 2.05) is 0 Å². The standard InChI is InChI=1S/C10H21NO2/c1-8(2)11-7-5-4-6-9(3)10(12)13/h8-9,11H,4-7H2,1-3H3,(H,12,13). The van der Waals surface area contributed by atoms with E-state index in [4.69, 9.17) is 5.11 Å². The first-order valence-electron chi connectivity index (χ1n) is 5.00. The molecule has 13 heavy (non-hydrogen) atoms. The highest BCUT2D eigenvalue weighted by Crippen LogP contribution is 2.06. The largest absolute Gasteiger partial charge is 0.481 e. The van der Waals surface area contributed by atoms with Crippen LogP contribution in [0.5, 0.6) is 0 Å². The summed E-state index contributed by atoms with van der Waals surface area (Å²) in [4.78, 5) is 10.5. The molecule has 0 aliphatic carbocycles. The molecule has 0 aromatic carbocycles. The summed E-state index contributed by atoms with van der Waals surface area (Å²) in [6.07, 6.45) is 2.85. The van der Waals surface area contributed by atoms with Gasteiger partial charge < -0.3 is 10.4 Å². The number of aliphatic carboxylic acids is 1. The summed E-state index contributed by atoms with van der Waals surface area (Å²) in [5, 5.41) is 11.9. The van der Waals surface area contributed by atoms with Crippen molar-refractivity contribution in [2.24, 2.45) is 5.92 Å². The predicted molar refractivity (Wildman–Crippen MR) is 53.8 cm³/mol. The third-order valence-electron chi connectivity index (χ3n) is 2.04. The highest BCUT2D eigenvalue weighted by molar-refractivity contribution is 5.69. The van der Waals surface area contributed by atoms with Crippen molar-refractivity contribution in [3.63, 3.8) is 0 Å². The zero-order chi connectivity index (χ0) is 10.3. The summed E-state index contributed by atoms with van der Waals surface area (Å²) in [5.41, 5.74) is 0. The number of hydrogen-bond acceptors (Lipinski definition) is 2. The third-order valence-corrected chi connectivity index (χ3v) is 2.04. The van der Waals surface area contributed by atoms with E-state index < -0.39 is 5.97 Å². The van der Waals surface area contributed by atoms with Crippen LogP contribution in [0.3, 0.4) is 0 Å². The summed E-state index contributed by atoms with van der Waals surface area (Å²) >= 11 is 0. The Morgan fingerprint density at radius 3 is 2.38 bits per heavy atom. The molecule has 78 valence electrons. The molecular weight excluding hydrogens is 166 g/mol. The first-order valence-corrected chi connectivity index (χ1v) is 5.00. The molecule has 0 spiro atoms. The van der Waals surface area contributed by atoms with Gasteiger partial charge in [0.05, 0.1) is 5.92 Å². The third kappa shape index (κ3) is 7.78. The summed E-state index contributed by atoms with van der Waals surface area (Å²) in [7, 11) is 0. The van der Waals surface area contributed by atoms with E-state index in [0.717, 1.165) is 25.8 Å². The van der Waals surface area contributed by atoms with Crippen molar-refractivity contribution >= 4 is 5.97 Å². The van der Waals surface area contributed by atoms with Crippen LogP contribution in [0, 0.1) is 5.92 Å². The van der Waals surface area contributed by atoms with E-state index in [9.17, 15) is 4.79 Å². The molecule has 0 saturated carbocycles. The number of hydrogen-bond donors (Lipinski definition) is 2. The van der Waals surface area contributed by atoms with Gasteiger partial charge in [-0.25, -0.2) is 0 Å². The average molecular weight is 187 g/mol. The Morgan fingerprint density at radius 1 is 1.31 bits per heavy atom. The van der Waals surface area contributed by atoms with Gasteiger partial charge in [0.25, 0.3) is 0 Å². The minimum absolute atomic E-state index is 0.195. The summed E-state index contributed by atoms with van der Waals surface area (Å²) < 4.78 is 0. The van der Waals surface area contributed by atoms with Crippen molar-refractivity contribution in [3.05, 3.63) is 0 Å². The highest BCUT2D eigenvalue weighted by atomic mass is 16.4. The van der Waals surface area contributed by atoms with Crippen LogP contribution < -0.4 is 5.32 Å². The molecule has 0 saturated heterocycles. The van der Waals surface area contributed by atoms with Crippen LogP contribution in [0.4, 0.5) is 0 Å². The van der Waals surface area contributed by atoms with Crippen LogP contribution in [0.15, 0.2) is 0 Å². The number of rotatable bonds is 7. The van der Waals surface area contributed by atoms with E-state index >= 15 is 0 Å². The molecule has 0 amide bonds. The quantitative estimate of drug-likeness (QED) is 0.598. The van der Waals surface area contributed by atoms with E-state index in [1.165, 1.54) is 0 Å². The van der Waals surface area contributed by atoms with Crippen molar-refractivity contribution in [1.82, 2.24) is 5.32 Å². The second-order valence-corrected chi connectivity index (χ2v) is 3.84. The molecule has 0 heterocycles. The van der Waals surface area contributed by atoms with Gasteiger partial charge in [-0.15, -0.1) is 0 Å². The van der Waals surface area contributed by atoms with Crippen LogP contribution in [0.2, 0.25) is 0 Å². The predicted octanol–water partition coefficient (Wildman–Crippen LogP) is 1.88. The molecular formula is C10H21NO2. The Morgan fingerprint density at radius 2 is 1.92 bits per heavy atom. The molecule has 1 unspecified atom stereocenters. The van der Waals surface area contributed by atoms with Crippen LogP contribution >= 0.6 is 0 Å². The minimum Gasteiger partial charge on any atom is -0.481 e. The minimum atomic E-state index is -0.684. The summed E-state index contributed by atoms with van der Waals surface area (Å²) in [6, 6.07) is 0.525. The number of carboxylic acids is 1. The molecule has 0 fully saturated rings. The summed E-state index contributed by atoms with van der Waals surface area (Å²) in [6.45, 7) is 6.97. The second kappa shape index (κ2) is 6.89. The fourth-order valence-electron chi connectivity index (χ4n) is 1.09. The number of nitrogens with one attached hydrogen (secondary N) is 1. The lowest BCUT2D eigenvalue weighted by Crippen LogP contribution is -2.23. The smallest absolute Gasteiger partial charge is 0.306 e. The maximum absolute atomic E-state index is 10.5. The first kappa shape index (κ1) is 12.4. The molecule has 0 radical (unpaired) electrons. The number of unbranched alkanes of at least 4 members (excludes halogenated alkanes) is 1. The van der Waals surface area contributed by atoms with Crippen LogP contribution in [0.1, 0.15) is 40.0 Å². The lowest BCUT2D eigenvalue weighted by Gasteiger charge is -2.08. The Bertz CT molecular complexity index is 146. The molecule has 0 aromatic rings. The molecule has 0 aliphatic heterocycles. The normalized spacial score (nSPS) is 13.2. The van der Waals surface area contributed by atoms with Gasteiger partial charge in [-0.3, -0.25) is 4.79 Å². The lowest BCUT2D eigenvalue weighted by molar-refractivity contribution is -0.141. The Kier molecular flexibility index (Phi) is 6.59. The number of carboxylic acid groups (broad SMARTS) is 1. The molecule has 3 nitrogen and oxygen atoms in total. The fraction of sp³-hybridized carbons (Fsp3) is 0.900. The van der Waals surface area contributed by atoms with Gasteiger partial charge in [0.1, 0.15) is 0 Å². The Hall–Kier alpha value is -0.570. The molecule has 3 heteroatoms. The van der Waals surface area contributed by atoms with Crippen LogP contribution in [-0.2, 0) is 4.79 Å². The van der Waals surface area contributed by atoms with Gasteiger partial charge in [0, 0.05) is 6.04 Å². The van der Waals surface area contributed by atoms with Crippen molar-refractivity contribution in [3.8, 4) is 0 Å². The van der Waals surface area contributed by atoms with Gasteiger partial charge in [0.15, 0.2) is 0 Å². The molecule has 0 rings (SSSR count). The topological polar surface area (TPSA) is 49.3 Å². The van der Waals surface area contributed by atoms with Crippen LogP contribution in [0.25, 0.3) is 0 Å². The average Bonchev–Trinajstić information content (AvgIpc) is 2.02. The van der Waals surface area contributed by atoms with E-state index in [0.29, 0.717) is 6.04 Å².